The molecule has 1 rings (SSSR count). The summed E-state index contributed by atoms with van der Waals surface area (Å²) in [6.07, 6.45) is 0.598. The molecular formula is C6H11NO2. The van der Waals surface area contributed by atoms with E-state index in [4.69, 9.17) is 4.74 Å². The third-order valence-corrected chi connectivity index (χ3v) is 1.45. The Kier molecular flexibility index (Phi) is 1.45. The van der Waals surface area contributed by atoms with E-state index in [1.807, 2.05) is 6.92 Å². The Balaban J connectivity index is 2.31. The molecule has 0 aromatic heterocycles. The Morgan fingerprint density at radius 2 is 2.44 bits per heavy atom. The molecule has 1 unspecified atom stereocenters. The zero-order valence-electron chi connectivity index (χ0n) is 5.73. The quantitative estimate of drug-likeness (QED) is 0.529. The predicted octanol–water partition coefficient (Wildman–Crippen LogP) is -0.0886. The van der Waals surface area contributed by atoms with Crippen LogP contribution in [-0.4, -0.2) is 25.2 Å². The maximum atomic E-state index is 10.4. The molecule has 1 atom stereocenters. The maximum absolute atomic E-state index is 10.4. The lowest BCUT2D eigenvalue weighted by molar-refractivity contribution is -0.134. The monoisotopic (exact) mass is 129 g/mol. The Bertz CT molecular complexity index is 125. The Morgan fingerprint density at radius 1 is 1.89 bits per heavy atom. The first kappa shape index (κ1) is 6.55. The summed E-state index contributed by atoms with van der Waals surface area (Å²) >= 11 is 0. The molecule has 3 nitrogen and oxygen atoms in total. The number of ether oxygens (including phenoxy) is 1. The van der Waals surface area contributed by atoms with Crippen LogP contribution >= 0.6 is 0 Å². The van der Waals surface area contributed by atoms with Crippen LogP contribution in [0.1, 0.15) is 13.3 Å². The van der Waals surface area contributed by atoms with Crippen LogP contribution in [0, 0.1) is 0 Å². The molecule has 0 aliphatic carbocycles. The van der Waals surface area contributed by atoms with Gasteiger partial charge in [0.25, 0.3) is 0 Å². The molecule has 1 fully saturated rings. The van der Waals surface area contributed by atoms with Crippen LogP contribution in [-0.2, 0) is 9.53 Å². The summed E-state index contributed by atoms with van der Waals surface area (Å²) in [5.41, 5.74) is -0.0775. The van der Waals surface area contributed by atoms with E-state index in [-0.39, 0.29) is 11.4 Å². The number of β-lactam (4-membered cyclic amide) rings is 1. The van der Waals surface area contributed by atoms with Crippen molar-refractivity contribution in [1.82, 2.24) is 5.32 Å². The molecule has 9 heavy (non-hydrogen) atoms. The van der Waals surface area contributed by atoms with Gasteiger partial charge in [0.05, 0.1) is 18.6 Å². The van der Waals surface area contributed by atoms with Crippen molar-refractivity contribution in [2.75, 3.05) is 13.7 Å². The van der Waals surface area contributed by atoms with E-state index in [1.165, 1.54) is 0 Å². The van der Waals surface area contributed by atoms with E-state index < -0.39 is 0 Å². The van der Waals surface area contributed by atoms with Gasteiger partial charge in [0, 0.05) is 7.11 Å². The highest BCUT2D eigenvalue weighted by atomic mass is 16.5. The Hall–Kier alpha value is -0.570. The van der Waals surface area contributed by atoms with Crippen LogP contribution in [0.15, 0.2) is 0 Å². The Labute approximate surface area is 54.4 Å². The topological polar surface area (TPSA) is 38.3 Å². The number of rotatable bonds is 2. The zero-order chi connectivity index (χ0) is 6.91. The summed E-state index contributed by atoms with van der Waals surface area (Å²) in [4.78, 5) is 10.4. The SMILES string of the molecule is COCC1(C)CC(=O)N1. The fourth-order valence-corrected chi connectivity index (χ4v) is 1.08. The third-order valence-electron chi connectivity index (χ3n) is 1.45. The zero-order valence-corrected chi connectivity index (χ0v) is 5.73. The van der Waals surface area contributed by atoms with Gasteiger partial charge >= 0.3 is 0 Å². The third kappa shape index (κ3) is 1.21. The molecule has 3 heteroatoms. The van der Waals surface area contributed by atoms with Crippen molar-refractivity contribution in [2.45, 2.75) is 18.9 Å². The van der Waals surface area contributed by atoms with E-state index in [2.05, 4.69) is 5.32 Å². The molecule has 1 heterocycles. The summed E-state index contributed by atoms with van der Waals surface area (Å²) in [5.74, 6) is 0.120. The molecule has 1 aliphatic heterocycles. The van der Waals surface area contributed by atoms with Crippen molar-refractivity contribution in [3.05, 3.63) is 0 Å². The minimum absolute atomic E-state index is 0.0775. The molecule has 0 spiro atoms. The van der Waals surface area contributed by atoms with Crippen LogP contribution < -0.4 is 5.32 Å². The fourth-order valence-electron chi connectivity index (χ4n) is 1.08. The van der Waals surface area contributed by atoms with E-state index >= 15 is 0 Å². The molecule has 0 aromatic rings. The molecule has 0 saturated carbocycles. The van der Waals surface area contributed by atoms with E-state index in [0.29, 0.717) is 13.0 Å². The lowest BCUT2D eigenvalue weighted by Gasteiger charge is -2.38. The molecule has 0 aromatic carbocycles. The highest BCUT2D eigenvalue weighted by Gasteiger charge is 2.37. The van der Waals surface area contributed by atoms with Crippen LogP contribution in [0.3, 0.4) is 0 Å². The number of hydrogen-bond donors (Lipinski definition) is 1. The molecule has 52 valence electrons. The average Bonchev–Trinajstić information content (AvgIpc) is 1.62. The smallest absolute Gasteiger partial charge is 0.222 e. The van der Waals surface area contributed by atoms with E-state index in [0.717, 1.165) is 0 Å². The normalized spacial score (nSPS) is 33.3. The Morgan fingerprint density at radius 3 is 2.78 bits per heavy atom. The van der Waals surface area contributed by atoms with Crippen LogP contribution in [0.5, 0.6) is 0 Å². The second-order valence-corrected chi connectivity index (χ2v) is 2.72. The summed E-state index contributed by atoms with van der Waals surface area (Å²) in [6.45, 7) is 2.58. The van der Waals surface area contributed by atoms with Crippen LogP contribution in [0.4, 0.5) is 0 Å². The van der Waals surface area contributed by atoms with Gasteiger partial charge < -0.3 is 10.1 Å². The number of carbonyl (C=O) groups excluding carboxylic acids is 1. The van der Waals surface area contributed by atoms with Crippen molar-refractivity contribution in [2.24, 2.45) is 0 Å². The highest BCUT2D eigenvalue weighted by molar-refractivity contribution is 5.84. The van der Waals surface area contributed by atoms with Gasteiger partial charge in [0.2, 0.25) is 5.91 Å². The summed E-state index contributed by atoms with van der Waals surface area (Å²) in [6, 6.07) is 0. The second-order valence-electron chi connectivity index (χ2n) is 2.72. The van der Waals surface area contributed by atoms with Crippen molar-refractivity contribution >= 4 is 5.91 Å². The van der Waals surface area contributed by atoms with Crippen molar-refractivity contribution < 1.29 is 9.53 Å². The second kappa shape index (κ2) is 1.99. The number of hydrogen-bond acceptors (Lipinski definition) is 2. The first-order valence-electron chi connectivity index (χ1n) is 2.96. The van der Waals surface area contributed by atoms with Gasteiger partial charge in [-0.15, -0.1) is 0 Å². The largest absolute Gasteiger partial charge is 0.382 e. The van der Waals surface area contributed by atoms with Gasteiger partial charge in [-0.1, -0.05) is 0 Å². The molecule has 0 bridgehead atoms. The van der Waals surface area contributed by atoms with E-state index in [1.54, 1.807) is 7.11 Å². The minimum atomic E-state index is -0.0775. The molecule has 1 saturated heterocycles. The van der Waals surface area contributed by atoms with Crippen molar-refractivity contribution in [1.29, 1.82) is 0 Å². The first-order chi connectivity index (χ1) is 4.16. The van der Waals surface area contributed by atoms with Gasteiger partial charge in [0.1, 0.15) is 0 Å². The highest BCUT2D eigenvalue weighted by Crippen LogP contribution is 2.18. The lowest BCUT2D eigenvalue weighted by atomic mass is 9.91. The van der Waals surface area contributed by atoms with Gasteiger partial charge in [0.15, 0.2) is 0 Å². The van der Waals surface area contributed by atoms with Gasteiger partial charge in [-0.05, 0) is 6.92 Å². The summed E-state index contributed by atoms with van der Waals surface area (Å²) < 4.78 is 4.88. The van der Waals surface area contributed by atoms with Crippen LogP contribution in [0.25, 0.3) is 0 Å². The standard InChI is InChI=1S/C6H11NO2/c1-6(4-9-2)3-5(8)7-6/h3-4H2,1-2H3,(H,7,8). The minimum Gasteiger partial charge on any atom is -0.382 e. The molecule has 1 aliphatic rings. The van der Waals surface area contributed by atoms with Gasteiger partial charge in [-0.3, -0.25) is 4.79 Å². The summed E-state index contributed by atoms with van der Waals surface area (Å²) in [7, 11) is 1.63. The fraction of sp³-hybridized carbons (Fsp3) is 0.833. The summed E-state index contributed by atoms with van der Waals surface area (Å²) in [5, 5.41) is 2.76. The number of nitrogens with one attached hydrogen (secondary N) is 1. The number of carbonyl (C=O) groups is 1. The molecule has 1 N–H and O–H groups in total. The van der Waals surface area contributed by atoms with E-state index in [9.17, 15) is 4.79 Å². The number of methoxy groups -OCH3 is 1. The molecular weight excluding hydrogens is 118 g/mol. The van der Waals surface area contributed by atoms with Crippen molar-refractivity contribution in [3.8, 4) is 0 Å². The number of amides is 1. The van der Waals surface area contributed by atoms with Gasteiger partial charge in [-0.25, -0.2) is 0 Å². The molecule has 1 amide bonds. The van der Waals surface area contributed by atoms with Gasteiger partial charge in [-0.2, -0.15) is 0 Å². The maximum Gasteiger partial charge on any atom is 0.222 e. The first-order valence-corrected chi connectivity index (χ1v) is 2.96. The average molecular weight is 129 g/mol. The predicted molar refractivity (Wildman–Crippen MR) is 33.0 cm³/mol. The molecule has 0 radical (unpaired) electrons. The lowest BCUT2D eigenvalue weighted by Crippen LogP contribution is -2.61. The van der Waals surface area contributed by atoms with Crippen molar-refractivity contribution in [3.63, 3.8) is 0 Å². The van der Waals surface area contributed by atoms with Crippen LogP contribution in [0.2, 0.25) is 0 Å².